The molecule has 1 heterocycles. The van der Waals surface area contributed by atoms with Crippen LogP contribution in [0.1, 0.15) is 11.1 Å². The number of aryl methyl sites for hydroxylation is 2. The Morgan fingerprint density at radius 1 is 0.275 bits per heavy atom. The fourth-order valence-electron chi connectivity index (χ4n) is 10.5. The maximum Gasteiger partial charge on any atom is 0.136 e. The van der Waals surface area contributed by atoms with Crippen molar-refractivity contribution in [2.24, 2.45) is 0 Å². The van der Waals surface area contributed by atoms with E-state index in [9.17, 15) is 0 Å². The van der Waals surface area contributed by atoms with Crippen LogP contribution >= 0.6 is 0 Å². The van der Waals surface area contributed by atoms with E-state index >= 15 is 0 Å². The average Bonchev–Trinajstić information content (AvgIpc) is 3.74. The van der Waals surface area contributed by atoms with E-state index < -0.39 is 0 Å². The van der Waals surface area contributed by atoms with Crippen molar-refractivity contribution in [2.75, 3.05) is 9.80 Å². The molecule has 0 radical (unpaired) electrons. The summed E-state index contributed by atoms with van der Waals surface area (Å²) in [5.41, 5.74) is 15.5. The minimum absolute atomic E-state index is 0.868. The smallest absolute Gasteiger partial charge is 0.136 e. The van der Waals surface area contributed by atoms with Crippen molar-refractivity contribution in [2.45, 2.75) is 13.8 Å². The van der Waals surface area contributed by atoms with Crippen LogP contribution in [-0.2, 0) is 0 Å². The minimum Gasteiger partial charge on any atom is -0.456 e. The van der Waals surface area contributed by atoms with E-state index in [0.29, 0.717) is 0 Å². The van der Waals surface area contributed by atoms with Gasteiger partial charge < -0.3 is 14.2 Å². The Hall–Kier alpha value is -8.92. The molecular formula is C66H46N2O. The highest BCUT2D eigenvalue weighted by atomic mass is 16.3. The summed E-state index contributed by atoms with van der Waals surface area (Å²) in [5, 5.41) is 11.6. The predicted molar refractivity (Wildman–Crippen MR) is 293 cm³/mol. The molecule has 0 bridgehead atoms. The summed E-state index contributed by atoms with van der Waals surface area (Å²) in [7, 11) is 0. The molecule has 0 N–H and O–H groups in total. The molecule has 3 nitrogen and oxygen atoms in total. The summed E-state index contributed by atoms with van der Waals surface area (Å²) in [6.07, 6.45) is 0. The molecule has 0 unspecified atom stereocenters. The van der Waals surface area contributed by atoms with Crippen LogP contribution in [0.15, 0.2) is 247 Å². The van der Waals surface area contributed by atoms with Gasteiger partial charge in [0.2, 0.25) is 0 Å². The second-order valence-corrected chi connectivity index (χ2v) is 18.3. The molecule has 13 rings (SSSR count). The average molecular weight is 883 g/mol. The van der Waals surface area contributed by atoms with Crippen molar-refractivity contribution in [3.05, 3.63) is 254 Å². The maximum atomic E-state index is 6.86. The maximum absolute atomic E-state index is 6.86. The molecule has 0 atom stereocenters. The predicted octanol–water partition coefficient (Wildman–Crippen LogP) is 19.1. The first-order valence-electron chi connectivity index (χ1n) is 23.7. The van der Waals surface area contributed by atoms with Gasteiger partial charge in [0.05, 0.1) is 11.4 Å². The van der Waals surface area contributed by atoms with Gasteiger partial charge in [-0.05, 0) is 153 Å². The Morgan fingerprint density at radius 2 is 0.652 bits per heavy atom. The zero-order valence-corrected chi connectivity index (χ0v) is 38.4. The first-order chi connectivity index (χ1) is 34.0. The number of anilines is 6. The van der Waals surface area contributed by atoms with Gasteiger partial charge in [-0.3, -0.25) is 0 Å². The van der Waals surface area contributed by atoms with Gasteiger partial charge in [0.15, 0.2) is 0 Å². The van der Waals surface area contributed by atoms with Gasteiger partial charge >= 0.3 is 0 Å². The summed E-state index contributed by atoms with van der Waals surface area (Å²) >= 11 is 0. The third-order valence-electron chi connectivity index (χ3n) is 13.9. The lowest BCUT2D eigenvalue weighted by atomic mass is 9.95. The van der Waals surface area contributed by atoms with E-state index in [1.165, 1.54) is 54.9 Å². The molecule has 0 spiro atoms. The van der Waals surface area contributed by atoms with Crippen LogP contribution in [0.3, 0.4) is 0 Å². The number of fused-ring (bicyclic) bond motifs is 7. The zero-order chi connectivity index (χ0) is 46.0. The number of hydrogen-bond acceptors (Lipinski definition) is 3. The van der Waals surface area contributed by atoms with Crippen LogP contribution in [0.25, 0.3) is 87.3 Å². The van der Waals surface area contributed by atoms with Gasteiger partial charge in [-0.25, -0.2) is 0 Å². The summed E-state index contributed by atoms with van der Waals surface area (Å²) in [4.78, 5) is 4.81. The van der Waals surface area contributed by atoms with Gasteiger partial charge in [-0.15, -0.1) is 0 Å². The van der Waals surface area contributed by atoms with E-state index in [2.05, 4.69) is 266 Å². The fraction of sp³-hybridized carbons (Fsp3) is 0.0303. The van der Waals surface area contributed by atoms with E-state index in [1.54, 1.807) is 0 Å². The third-order valence-corrected chi connectivity index (χ3v) is 13.9. The monoisotopic (exact) mass is 882 g/mol. The summed E-state index contributed by atoms with van der Waals surface area (Å²) < 4.78 is 6.86. The van der Waals surface area contributed by atoms with Crippen LogP contribution < -0.4 is 9.80 Å². The molecule has 3 heteroatoms. The van der Waals surface area contributed by atoms with Crippen molar-refractivity contribution < 1.29 is 4.42 Å². The first-order valence-corrected chi connectivity index (χ1v) is 23.7. The number of hydrogen-bond donors (Lipinski definition) is 0. The van der Waals surface area contributed by atoms with Crippen LogP contribution in [0.4, 0.5) is 34.1 Å². The summed E-state index contributed by atoms with van der Waals surface area (Å²) in [6, 6.07) is 88.4. The lowest BCUT2D eigenvalue weighted by molar-refractivity contribution is 0.670. The Morgan fingerprint density at radius 3 is 1.09 bits per heavy atom. The Labute approximate surface area is 401 Å². The van der Waals surface area contributed by atoms with Crippen molar-refractivity contribution in [1.82, 2.24) is 0 Å². The topological polar surface area (TPSA) is 19.6 Å². The highest BCUT2D eigenvalue weighted by molar-refractivity contribution is 6.15. The molecule has 0 aliphatic heterocycles. The van der Waals surface area contributed by atoms with Gasteiger partial charge in [0.25, 0.3) is 0 Å². The molecular weight excluding hydrogens is 837 g/mol. The first kappa shape index (κ1) is 40.4. The number of nitrogens with zero attached hydrogens (tertiary/aromatic N) is 2. The van der Waals surface area contributed by atoms with E-state index in [-0.39, 0.29) is 0 Å². The van der Waals surface area contributed by atoms with E-state index in [0.717, 1.165) is 77.6 Å². The number of benzene rings is 12. The molecule has 1 aromatic heterocycles. The molecule has 69 heavy (non-hydrogen) atoms. The van der Waals surface area contributed by atoms with Gasteiger partial charge in [0, 0.05) is 44.6 Å². The quantitative estimate of drug-likeness (QED) is 0.152. The zero-order valence-electron chi connectivity index (χ0n) is 38.4. The van der Waals surface area contributed by atoms with E-state index in [1.807, 2.05) is 0 Å². The number of furan rings is 1. The fourth-order valence-corrected chi connectivity index (χ4v) is 10.5. The van der Waals surface area contributed by atoms with Crippen molar-refractivity contribution >= 4 is 99.2 Å². The normalized spacial score (nSPS) is 11.6. The SMILES string of the molecule is Cc1ccc(N(c2ccc3cc4c(cc3c2)oc2cc3cc(N(c5ccc(C)cc5)c5ccc6ccccc6c5-c5ccccc5)ccc3cc24)c2ccc3ccccc3c2-c2ccccc2)cc1. The molecule has 326 valence electrons. The largest absolute Gasteiger partial charge is 0.456 e. The highest BCUT2D eigenvalue weighted by Gasteiger charge is 2.23. The molecule has 13 aromatic rings. The second-order valence-electron chi connectivity index (χ2n) is 18.3. The van der Waals surface area contributed by atoms with Crippen LogP contribution in [-0.4, -0.2) is 0 Å². The third kappa shape index (κ3) is 7.06. The Bertz CT molecular complexity index is 3810. The molecule has 0 saturated heterocycles. The highest BCUT2D eigenvalue weighted by Crippen LogP contribution is 2.48. The van der Waals surface area contributed by atoms with Gasteiger partial charge in [-0.2, -0.15) is 0 Å². The van der Waals surface area contributed by atoms with Crippen molar-refractivity contribution in [3.63, 3.8) is 0 Å². The molecule has 12 aromatic carbocycles. The molecule has 0 fully saturated rings. The van der Waals surface area contributed by atoms with E-state index in [4.69, 9.17) is 4.42 Å². The van der Waals surface area contributed by atoms with Crippen molar-refractivity contribution in [3.8, 4) is 22.3 Å². The van der Waals surface area contributed by atoms with Gasteiger partial charge in [-0.1, -0.05) is 169 Å². The Kier molecular flexibility index (Phi) is 9.62. The lowest BCUT2D eigenvalue weighted by Gasteiger charge is -2.29. The summed E-state index contributed by atoms with van der Waals surface area (Å²) in [6.45, 7) is 4.29. The lowest BCUT2D eigenvalue weighted by Crippen LogP contribution is -2.11. The van der Waals surface area contributed by atoms with Crippen LogP contribution in [0.2, 0.25) is 0 Å². The minimum atomic E-state index is 0.868. The molecule has 0 amide bonds. The second kappa shape index (κ2) is 16.4. The van der Waals surface area contributed by atoms with Crippen molar-refractivity contribution in [1.29, 1.82) is 0 Å². The molecule has 0 aliphatic rings. The van der Waals surface area contributed by atoms with Gasteiger partial charge in [0.1, 0.15) is 11.2 Å². The summed E-state index contributed by atoms with van der Waals surface area (Å²) in [5.74, 6) is 0. The Balaban J connectivity index is 0.952. The molecule has 0 aliphatic carbocycles. The number of rotatable bonds is 8. The van der Waals surface area contributed by atoms with Crippen LogP contribution in [0, 0.1) is 13.8 Å². The standard InChI is InChI=1S/C66H46N2O/c1-43-21-29-53(30-22-43)67(61-35-27-45-13-9-11-19-57(45)65(61)47-15-5-3-6-16-47)55-33-25-49-39-59-60-40-50-26-34-56(38-52(50)42-64(60)69-63(59)41-51(49)37-55)68(54-31-23-44(2)24-32-54)62-36-28-46-14-10-12-20-58(46)66(62)48-17-7-4-8-18-48/h3-42H,1-2H3. The molecule has 0 saturated carbocycles. The van der Waals surface area contributed by atoms with Crippen LogP contribution in [0.5, 0.6) is 0 Å².